The van der Waals surface area contributed by atoms with Crippen molar-refractivity contribution in [2.24, 2.45) is 0 Å². The van der Waals surface area contributed by atoms with Crippen molar-refractivity contribution in [2.45, 2.75) is 18.9 Å². The molecule has 1 atom stereocenters. The number of nitrogens with zero attached hydrogens (tertiary/aromatic N) is 4. The molecule has 0 aliphatic carbocycles. The van der Waals surface area contributed by atoms with Crippen LogP contribution in [0.3, 0.4) is 0 Å². The molecule has 0 saturated carbocycles. The van der Waals surface area contributed by atoms with Gasteiger partial charge in [0, 0.05) is 23.9 Å². The van der Waals surface area contributed by atoms with Crippen LogP contribution in [-0.2, 0) is 9.59 Å². The molecule has 1 aromatic carbocycles. The Hall–Kier alpha value is -4.27. The summed E-state index contributed by atoms with van der Waals surface area (Å²) in [6, 6.07) is 6.58. The second-order valence-electron chi connectivity index (χ2n) is 5.42. The first kappa shape index (κ1) is 20.0. The third kappa shape index (κ3) is 5.63. The summed E-state index contributed by atoms with van der Waals surface area (Å²) in [7, 11) is 0. The fourth-order valence-electron chi connectivity index (χ4n) is 2.06. The van der Waals surface area contributed by atoms with Crippen LogP contribution in [0.1, 0.15) is 29.0 Å². The fraction of sp³-hybridized carbons (Fsp3) is 0.188. The van der Waals surface area contributed by atoms with E-state index in [2.05, 4.69) is 31.3 Å². The fourth-order valence-corrected chi connectivity index (χ4v) is 2.06. The predicted octanol–water partition coefficient (Wildman–Crippen LogP) is 0.224. The lowest BCUT2D eigenvalue weighted by Crippen LogP contribution is -2.41. The number of nitriles is 1. The molecule has 0 bridgehead atoms. The maximum atomic E-state index is 12.2. The van der Waals surface area contributed by atoms with Crippen LogP contribution >= 0.6 is 0 Å². The number of hydrogen-bond donors (Lipinski definition) is 5. The van der Waals surface area contributed by atoms with Crippen LogP contribution in [0, 0.1) is 11.3 Å². The molecule has 28 heavy (non-hydrogen) atoms. The van der Waals surface area contributed by atoms with Gasteiger partial charge in [0.05, 0.1) is 0 Å². The lowest BCUT2D eigenvalue weighted by Gasteiger charge is -2.13. The number of aromatic amines is 1. The number of carbonyl (C=O) groups is 3. The second kappa shape index (κ2) is 9.43. The van der Waals surface area contributed by atoms with Gasteiger partial charge in [-0.1, -0.05) is 0 Å². The number of hydrogen-bond acceptors (Lipinski definition) is 8. The number of anilines is 1. The number of amides is 1. The van der Waals surface area contributed by atoms with E-state index in [4.69, 9.17) is 15.5 Å². The Bertz CT molecular complexity index is 916. The number of H-pyrrole nitrogens is 1. The molecule has 2 rings (SSSR count). The lowest BCUT2D eigenvalue weighted by atomic mass is 10.1. The molecule has 0 spiro atoms. The average molecular weight is 385 g/mol. The molecule has 1 amide bonds. The van der Waals surface area contributed by atoms with Crippen molar-refractivity contribution < 1.29 is 24.6 Å². The molecule has 0 fully saturated rings. The van der Waals surface area contributed by atoms with Gasteiger partial charge in [0.2, 0.25) is 5.82 Å². The number of allylic oxidation sites excluding steroid dienone is 1. The standard InChI is InChI=1S/C16H15N7O5/c17-7-10(14-20-22-23-21-14)8-18-11-3-1-9(2-4-11)15(26)19-12(16(27)28)5-6-13(24)25/h1-4,8,12,18H,5-6H2,(H,19,26)(H,24,25)(H,27,28)(H,20,21,22,23). The van der Waals surface area contributed by atoms with Crippen molar-refractivity contribution in [3.8, 4) is 6.07 Å². The SMILES string of the molecule is N#CC(=CNc1ccc(C(=O)NC(CCC(=O)O)C(=O)O)cc1)c1nn[nH]n1. The minimum atomic E-state index is -1.32. The molecule has 0 radical (unpaired) electrons. The topological polar surface area (TPSA) is 194 Å². The molecule has 1 unspecified atom stereocenters. The second-order valence-corrected chi connectivity index (χ2v) is 5.42. The Morgan fingerprint density at radius 1 is 1.25 bits per heavy atom. The summed E-state index contributed by atoms with van der Waals surface area (Å²) in [5, 5.41) is 44.9. The molecule has 144 valence electrons. The Morgan fingerprint density at radius 3 is 2.50 bits per heavy atom. The highest BCUT2D eigenvalue weighted by Crippen LogP contribution is 2.13. The van der Waals surface area contributed by atoms with Crippen molar-refractivity contribution in [2.75, 3.05) is 5.32 Å². The summed E-state index contributed by atoms with van der Waals surface area (Å²) >= 11 is 0. The van der Waals surface area contributed by atoms with E-state index < -0.39 is 23.9 Å². The summed E-state index contributed by atoms with van der Waals surface area (Å²) in [5.74, 6) is -3.00. The highest BCUT2D eigenvalue weighted by molar-refractivity contribution is 5.97. The first-order valence-corrected chi connectivity index (χ1v) is 7.87. The molecular formula is C16H15N7O5. The molecule has 0 saturated heterocycles. The molecule has 2 aromatic rings. The van der Waals surface area contributed by atoms with Gasteiger partial charge in [0.25, 0.3) is 5.91 Å². The zero-order valence-electron chi connectivity index (χ0n) is 14.3. The smallest absolute Gasteiger partial charge is 0.326 e. The van der Waals surface area contributed by atoms with E-state index >= 15 is 0 Å². The van der Waals surface area contributed by atoms with E-state index in [9.17, 15) is 14.4 Å². The number of benzene rings is 1. The summed E-state index contributed by atoms with van der Waals surface area (Å²) in [6.07, 6.45) is 0.758. The summed E-state index contributed by atoms with van der Waals surface area (Å²) in [5.41, 5.74) is 0.876. The normalized spacial score (nSPS) is 11.9. The number of tetrazole rings is 1. The van der Waals surface area contributed by atoms with Crippen LogP contribution in [0.15, 0.2) is 30.5 Å². The van der Waals surface area contributed by atoms with Crippen molar-refractivity contribution in [1.82, 2.24) is 25.9 Å². The van der Waals surface area contributed by atoms with Gasteiger partial charge in [-0.15, -0.1) is 10.2 Å². The third-order valence-electron chi connectivity index (χ3n) is 3.49. The van der Waals surface area contributed by atoms with Gasteiger partial charge >= 0.3 is 11.9 Å². The number of rotatable bonds is 9. The Balaban J connectivity index is 2.01. The van der Waals surface area contributed by atoms with Crippen molar-refractivity contribution in [3.05, 3.63) is 41.9 Å². The molecule has 1 heterocycles. The van der Waals surface area contributed by atoms with E-state index in [1.54, 1.807) is 12.1 Å². The van der Waals surface area contributed by atoms with E-state index in [0.717, 1.165) is 0 Å². The van der Waals surface area contributed by atoms with E-state index in [1.807, 2.05) is 6.07 Å². The average Bonchev–Trinajstić information content (AvgIpc) is 3.20. The van der Waals surface area contributed by atoms with E-state index in [-0.39, 0.29) is 29.8 Å². The van der Waals surface area contributed by atoms with Crippen molar-refractivity contribution in [3.63, 3.8) is 0 Å². The summed E-state index contributed by atoms with van der Waals surface area (Å²) in [4.78, 5) is 33.9. The number of carboxylic acid groups (broad SMARTS) is 2. The van der Waals surface area contributed by atoms with Gasteiger partial charge in [-0.25, -0.2) is 4.79 Å². The molecule has 0 aliphatic heterocycles. The number of carboxylic acids is 2. The van der Waals surface area contributed by atoms with Crippen LogP contribution in [0.4, 0.5) is 5.69 Å². The Kier molecular flexibility index (Phi) is 6.75. The molecule has 12 nitrogen and oxygen atoms in total. The summed E-state index contributed by atoms with van der Waals surface area (Å²) in [6.45, 7) is 0. The minimum Gasteiger partial charge on any atom is -0.481 e. The number of nitrogens with one attached hydrogen (secondary N) is 3. The monoisotopic (exact) mass is 385 g/mol. The number of carbonyl (C=O) groups excluding carboxylic acids is 1. The summed E-state index contributed by atoms with van der Waals surface area (Å²) < 4.78 is 0. The van der Waals surface area contributed by atoms with Crippen LogP contribution in [0.25, 0.3) is 5.57 Å². The largest absolute Gasteiger partial charge is 0.481 e. The quantitative estimate of drug-likeness (QED) is 0.373. The van der Waals surface area contributed by atoms with E-state index in [1.165, 1.54) is 18.3 Å². The maximum absolute atomic E-state index is 12.2. The van der Waals surface area contributed by atoms with Gasteiger partial charge in [0.1, 0.15) is 17.7 Å². The van der Waals surface area contributed by atoms with Gasteiger partial charge in [0.15, 0.2) is 0 Å². The van der Waals surface area contributed by atoms with Gasteiger partial charge in [-0.05, 0) is 35.9 Å². The lowest BCUT2D eigenvalue weighted by molar-refractivity contribution is -0.140. The van der Waals surface area contributed by atoms with Crippen LogP contribution in [-0.4, -0.2) is 54.7 Å². The van der Waals surface area contributed by atoms with Crippen molar-refractivity contribution in [1.29, 1.82) is 5.26 Å². The third-order valence-corrected chi connectivity index (χ3v) is 3.49. The first-order chi connectivity index (χ1) is 13.4. The van der Waals surface area contributed by atoms with Crippen LogP contribution in [0.2, 0.25) is 0 Å². The maximum Gasteiger partial charge on any atom is 0.326 e. The van der Waals surface area contributed by atoms with Gasteiger partial charge in [-0.3, -0.25) is 9.59 Å². The molecule has 0 aliphatic rings. The molecule has 5 N–H and O–H groups in total. The first-order valence-electron chi connectivity index (χ1n) is 7.87. The highest BCUT2D eigenvalue weighted by Gasteiger charge is 2.21. The minimum absolute atomic E-state index is 0.118. The predicted molar refractivity (Wildman–Crippen MR) is 93.6 cm³/mol. The van der Waals surface area contributed by atoms with E-state index in [0.29, 0.717) is 5.69 Å². The molecular weight excluding hydrogens is 370 g/mol. The Morgan fingerprint density at radius 2 is 1.96 bits per heavy atom. The highest BCUT2D eigenvalue weighted by atomic mass is 16.4. The number of aliphatic carboxylic acids is 2. The zero-order chi connectivity index (χ0) is 20.5. The zero-order valence-corrected chi connectivity index (χ0v) is 14.3. The van der Waals surface area contributed by atoms with Gasteiger partial charge in [-0.2, -0.15) is 10.5 Å². The van der Waals surface area contributed by atoms with Crippen molar-refractivity contribution >= 4 is 29.1 Å². The molecule has 1 aromatic heterocycles. The molecule has 12 heteroatoms. The van der Waals surface area contributed by atoms with Crippen LogP contribution < -0.4 is 10.6 Å². The van der Waals surface area contributed by atoms with Crippen LogP contribution in [0.5, 0.6) is 0 Å². The van der Waals surface area contributed by atoms with Gasteiger partial charge < -0.3 is 20.8 Å². The Labute approximate surface area is 157 Å². The number of aromatic nitrogens is 4.